The number of aryl methyl sites for hydroxylation is 1. The van der Waals surface area contributed by atoms with Gasteiger partial charge in [-0.25, -0.2) is 0 Å². The number of halogens is 1. The van der Waals surface area contributed by atoms with E-state index >= 15 is 0 Å². The number of ether oxygens (including phenoxy) is 2. The van der Waals surface area contributed by atoms with Crippen LogP contribution < -0.4 is 10.5 Å². The zero-order valence-corrected chi connectivity index (χ0v) is 17.9. The molecule has 1 unspecified atom stereocenters. The first-order valence-corrected chi connectivity index (χ1v) is 9.80. The van der Waals surface area contributed by atoms with Gasteiger partial charge in [0.25, 0.3) is 5.91 Å². The number of rotatable bonds is 8. The molecule has 1 amide bonds. The second-order valence-electron chi connectivity index (χ2n) is 7.47. The molecule has 1 aliphatic heterocycles. The van der Waals surface area contributed by atoms with Gasteiger partial charge in [0, 0.05) is 19.7 Å². The number of carbonyl (C=O) groups is 1. The van der Waals surface area contributed by atoms with Crippen molar-refractivity contribution in [2.24, 2.45) is 5.73 Å². The van der Waals surface area contributed by atoms with Crippen molar-refractivity contribution in [1.82, 2.24) is 4.90 Å². The van der Waals surface area contributed by atoms with Gasteiger partial charge in [-0.05, 0) is 68.8 Å². The largest absolute Gasteiger partial charge is 0.481 e. The van der Waals surface area contributed by atoms with Crippen LogP contribution in [0.3, 0.4) is 0 Å². The number of hydrogen-bond donors (Lipinski definition) is 1. The van der Waals surface area contributed by atoms with E-state index in [2.05, 4.69) is 26.8 Å². The van der Waals surface area contributed by atoms with Crippen LogP contribution in [-0.4, -0.2) is 49.3 Å². The van der Waals surface area contributed by atoms with Crippen molar-refractivity contribution in [2.75, 3.05) is 26.2 Å². The van der Waals surface area contributed by atoms with Crippen LogP contribution in [-0.2, 0) is 9.53 Å². The summed E-state index contributed by atoms with van der Waals surface area (Å²) >= 11 is 0. The molecule has 1 aliphatic rings. The average molecular weight is 399 g/mol. The molecule has 5 nitrogen and oxygen atoms in total. The van der Waals surface area contributed by atoms with Gasteiger partial charge in [-0.3, -0.25) is 4.79 Å². The Bertz CT molecular complexity index is 587. The van der Waals surface area contributed by atoms with Gasteiger partial charge in [-0.1, -0.05) is 19.9 Å². The lowest BCUT2D eigenvalue weighted by Crippen LogP contribution is -2.46. The quantitative estimate of drug-likeness (QED) is 0.678. The minimum Gasteiger partial charge on any atom is -0.481 e. The highest BCUT2D eigenvalue weighted by Crippen LogP contribution is 2.24. The first kappa shape index (κ1) is 23.7. The zero-order chi connectivity index (χ0) is 19.1. The lowest BCUT2D eigenvalue weighted by molar-refractivity contribution is -0.140. The Morgan fingerprint density at radius 2 is 1.93 bits per heavy atom. The summed E-state index contributed by atoms with van der Waals surface area (Å²) in [5.74, 6) is 1.29. The predicted octanol–water partition coefficient (Wildman–Crippen LogP) is 3.66. The molecule has 154 valence electrons. The summed E-state index contributed by atoms with van der Waals surface area (Å²) in [4.78, 5) is 14.6. The van der Waals surface area contributed by atoms with Crippen LogP contribution in [0.5, 0.6) is 5.75 Å². The van der Waals surface area contributed by atoms with Crippen molar-refractivity contribution >= 4 is 18.3 Å². The SMILES string of the molecule is Cc1cc(OC(C)C(=O)N2CCC(OCCCN)CC2)ccc1C(C)C.Cl. The Labute approximate surface area is 170 Å². The number of likely N-dealkylation sites (tertiary alicyclic amines) is 1. The van der Waals surface area contributed by atoms with Gasteiger partial charge in [-0.15, -0.1) is 12.4 Å². The van der Waals surface area contributed by atoms with E-state index in [-0.39, 0.29) is 24.4 Å². The molecule has 0 bridgehead atoms. The number of benzene rings is 1. The van der Waals surface area contributed by atoms with Crippen molar-refractivity contribution in [2.45, 2.75) is 65.1 Å². The van der Waals surface area contributed by atoms with E-state index in [0.29, 0.717) is 19.1 Å². The molecule has 2 N–H and O–H groups in total. The Balaban J connectivity index is 0.00000364. The third-order valence-corrected chi connectivity index (χ3v) is 4.98. The maximum Gasteiger partial charge on any atom is 0.263 e. The summed E-state index contributed by atoms with van der Waals surface area (Å²) in [6.45, 7) is 11.1. The monoisotopic (exact) mass is 398 g/mol. The van der Waals surface area contributed by atoms with E-state index in [0.717, 1.165) is 38.1 Å². The molecule has 1 saturated heterocycles. The average Bonchev–Trinajstić information content (AvgIpc) is 2.61. The molecule has 1 atom stereocenters. The second-order valence-corrected chi connectivity index (χ2v) is 7.47. The first-order chi connectivity index (χ1) is 12.4. The summed E-state index contributed by atoms with van der Waals surface area (Å²) in [6, 6.07) is 6.08. The van der Waals surface area contributed by atoms with Gasteiger partial charge in [0.15, 0.2) is 6.10 Å². The topological polar surface area (TPSA) is 64.8 Å². The fraction of sp³-hybridized carbons (Fsp3) is 0.667. The highest BCUT2D eigenvalue weighted by atomic mass is 35.5. The fourth-order valence-electron chi connectivity index (χ4n) is 3.46. The van der Waals surface area contributed by atoms with Crippen LogP contribution in [0.4, 0.5) is 0 Å². The Hall–Kier alpha value is -1.30. The molecular formula is C21H35ClN2O3. The van der Waals surface area contributed by atoms with Crippen molar-refractivity contribution in [3.63, 3.8) is 0 Å². The Morgan fingerprint density at radius 3 is 2.48 bits per heavy atom. The summed E-state index contributed by atoms with van der Waals surface area (Å²) in [6.07, 6.45) is 2.41. The molecule has 1 aromatic carbocycles. The highest BCUT2D eigenvalue weighted by molar-refractivity contribution is 5.85. The van der Waals surface area contributed by atoms with Gasteiger partial charge in [0.05, 0.1) is 6.10 Å². The van der Waals surface area contributed by atoms with Crippen LogP contribution in [0.25, 0.3) is 0 Å². The summed E-state index contributed by atoms with van der Waals surface area (Å²) < 4.78 is 11.7. The van der Waals surface area contributed by atoms with E-state index in [1.54, 1.807) is 0 Å². The Kier molecular flexibility index (Phi) is 10.1. The molecule has 2 rings (SSSR count). The van der Waals surface area contributed by atoms with E-state index < -0.39 is 6.10 Å². The van der Waals surface area contributed by atoms with Gasteiger partial charge in [-0.2, -0.15) is 0 Å². The molecule has 0 aliphatic carbocycles. The molecule has 0 radical (unpaired) electrons. The van der Waals surface area contributed by atoms with Crippen LogP contribution in [0, 0.1) is 6.92 Å². The normalized spacial score (nSPS) is 16.1. The summed E-state index contributed by atoms with van der Waals surface area (Å²) in [7, 11) is 0. The summed E-state index contributed by atoms with van der Waals surface area (Å²) in [5.41, 5.74) is 8.00. The Morgan fingerprint density at radius 1 is 1.26 bits per heavy atom. The second kappa shape index (κ2) is 11.5. The van der Waals surface area contributed by atoms with E-state index in [1.807, 2.05) is 24.0 Å². The maximum absolute atomic E-state index is 12.7. The van der Waals surface area contributed by atoms with Gasteiger partial charge >= 0.3 is 0 Å². The van der Waals surface area contributed by atoms with Crippen molar-refractivity contribution < 1.29 is 14.3 Å². The van der Waals surface area contributed by atoms with Crippen LogP contribution in [0.15, 0.2) is 18.2 Å². The minimum atomic E-state index is -0.478. The first-order valence-electron chi connectivity index (χ1n) is 9.80. The van der Waals surface area contributed by atoms with Crippen molar-refractivity contribution in [1.29, 1.82) is 0 Å². The van der Waals surface area contributed by atoms with Gasteiger partial charge < -0.3 is 20.1 Å². The smallest absolute Gasteiger partial charge is 0.263 e. The predicted molar refractivity (Wildman–Crippen MR) is 112 cm³/mol. The number of nitrogens with zero attached hydrogens (tertiary/aromatic N) is 1. The minimum absolute atomic E-state index is 0. The number of hydrogen-bond acceptors (Lipinski definition) is 4. The third kappa shape index (κ3) is 6.98. The highest BCUT2D eigenvalue weighted by Gasteiger charge is 2.27. The molecule has 0 aromatic heterocycles. The number of carbonyl (C=O) groups excluding carboxylic acids is 1. The standard InChI is InChI=1S/C21H34N2O3.ClH/c1-15(2)20-7-6-19(14-16(20)3)26-17(4)21(24)23-11-8-18(9-12-23)25-13-5-10-22;/h6-7,14-15,17-18H,5,8-13,22H2,1-4H3;1H. The lowest BCUT2D eigenvalue weighted by Gasteiger charge is -2.33. The lowest BCUT2D eigenvalue weighted by atomic mass is 9.98. The van der Waals surface area contributed by atoms with E-state index in [9.17, 15) is 4.79 Å². The van der Waals surface area contributed by atoms with Crippen molar-refractivity contribution in [3.05, 3.63) is 29.3 Å². The van der Waals surface area contributed by atoms with E-state index in [1.165, 1.54) is 11.1 Å². The molecule has 27 heavy (non-hydrogen) atoms. The molecule has 1 heterocycles. The maximum atomic E-state index is 12.7. The summed E-state index contributed by atoms with van der Waals surface area (Å²) in [5, 5.41) is 0. The number of piperidine rings is 1. The molecule has 1 fully saturated rings. The van der Waals surface area contributed by atoms with Crippen LogP contribution >= 0.6 is 12.4 Å². The number of amides is 1. The fourth-order valence-corrected chi connectivity index (χ4v) is 3.46. The van der Waals surface area contributed by atoms with Gasteiger partial charge in [0.2, 0.25) is 0 Å². The van der Waals surface area contributed by atoms with Crippen LogP contribution in [0.2, 0.25) is 0 Å². The molecule has 6 heteroatoms. The van der Waals surface area contributed by atoms with Crippen LogP contribution in [0.1, 0.15) is 57.1 Å². The van der Waals surface area contributed by atoms with Gasteiger partial charge in [0.1, 0.15) is 5.75 Å². The van der Waals surface area contributed by atoms with Crippen molar-refractivity contribution in [3.8, 4) is 5.75 Å². The molecule has 0 saturated carbocycles. The zero-order valence-electron chi connectivity index (χ0n) is 17.1. The third-order valence-electron chi connectivity index (χ3n) is 4.98. The van der Waals surface area contributed by atoms with E-state index in [4.69, 9.17) is 15.2 Å². The molecule has 0 spiro atoms. The molecule has 1 aromatic rings. The number of nitrogens with two attached hydrogens (primary N) is 1. The molecular weight excluding hydrogens is 364 g/mol.